The van der Waals surface area contributed by atoms with Gasteiger partial charge in [-0.3, -0.25) is 4.79 Å². The minimum Gasteiger partial charge on any atom is -0.345 e. The molecule has 1 unspecified atom stereocenters. The highest BCUT2D eigenvalue weighted by Crippen LogP contribution is 2.35. The summed E-state index contributed by atoms with van der Waals surface area (Å²) in [6.07, 6.45) is 1.49. The highest BCUT2D eigenvalue weighted by molar-refractivity contribution is 7.98. The monoisotopic (exact) mass is 370 g/mol. The van der Waals surface area contributed by atoms with Crippen LogP contribution in [-0.2, 0) is 0 Å². The highest BCUT2D eigenvalue weighted by Gasteiger charge is 2.33. The largest absolute Gasteiger partial charge is 0.345 e. The molecule has 4 rings (SSSR count). The van der Waals surface area contributed by atoms with Gasteiger partial charge >= 0.3 is 0 Å². The smallest absolute Gasteiger partial charge is 0.259 e. The molecule has 0 bridgehead atoms. The zero-order valence-electron chi connectivity index (χ0n) is 13.4. The van der Waals surface area contributed by atoms with Crippen molar-refractivity contribution in [1.29, 1.82) is 0 Å². The van der Waals surface area contributed by atoms with Crippen LogP contribution >= 0.6 is 23.4 Å². The van der Waals surface area contributed by atoms with Crippen molar-refractivity contribution < 1.29 is 4.79 Å². The zero-order valence-corrected chi connectivity index (χ0v) is 14.9. The van der Waals surface area contributed by atoms with Gasteiger partial charge in [0, 0.05) is 10.6 Å². The molecule has 1 aliphatic heterocycles. The van der Waals surface area contributed by atoms with E-state index in [9.17, 15) is 4.79 Å². The Morgan fingerprint density at radius 3 is 2.52 bits per heavy atom. The number of rotatable bonds is 3. The number of hydrogen-bond acceptors (Lipinski definition) is 4. The standard InChI is InChI=1S/C18H15ClN4OS/c1-25-18-14-16(23(22-18)11-7-3-2-4-8-11)20-15(21-17(14)24)12-9-5-6-10-13(12)19/h2-10,15,20H,1H3,(H,21,24). The van der Waals surface area contributed by atoms with E-state index in [1.165, 1.54) is 11.8 Å². The molecule has 3 aromatic rings. The molecule has 2 aromatic carbocycles. The van der Waals surface area contributed by atoms with Gasteiger partial charge in [-0.15, -0.1) is 11.8 Å². The second-order valence-electron chi connectivity index (χ2n) is 5.55. The first-order valence-electron chi connectivity index (χ1n) is 7.73. The van der Waals surface area contributed by atoms with E-state index < -0.39 is 6.17 Å². The van der Waals surface area contributed by atoms with Crippen molar-refractivity contribution in [2.24, 2.45) is 0 Å². The fourth-order valence-corrected chi connectivity index (χ4v) is 3.68. The van der Waals surface area contributed by atoms with Crippen LogP contribution in [0.4, 0.5) is 5.82 Å². The maximum atomic E-state index is 12.7. The number of nitrogens with zero attached hydrogens (tertiary/aromatic N) is 2. The molecule has 0 radical (unpaired) electrons. The first-order chi connectivity index (χ1) is 12.2. The number of aromatic nitrogens is 2. The van der Waals surface area contributed by atoms with Crippen molar-refractivity contribution in [2.75, 3.05) is 11.6 Å². The van der Waals surface area contributed by atoms with Crippen LogP contribution in [0.15, 0.2) is 59.6 Å². The van der Waals surface area contributed by atoms with Crippen LogP contribution < -0.4 is 10.6 Å². The molecule has 5 nitrogen and oxygen atoms in total. The third-order valence-electron chi connectivity index (χ3n) is 4.05. The number of carbonyl (C=O) groups excluding carboxylic acids is 1. The number of fused-ring (bicyclic) bond motifs is 1. The lowest BCUT2D eigenvalue weighted by Crippen LogP contribution is -2.39. The summed E-state index contributed by atoms with van der Waals surface area (Å²) in [6.45, 7) is 0. The number of halogens is 1. The van der Waals surface area contributed by atoms with E-state index in [0.717, 1.165) is 11.3 Å². The molecule has 0 saturated heterocycles. The van der Waals surface area contributed by atoms with Gasteiger partial charge in [0.2, 0.25) is 0 Å². The van der Waals surface area contributed by atoms with Gasteiger partial charge in [0.15, 0.2) is 0 Å². The van der Waals surface area contributed by atoms with E-state index in [4.69, 9.17) is 11.6 Å². The lowest BCUT2D eigenvalue weighted by Gasteiger charge is -2.27. The molecule has 1 atom stereocenters. The molecular formula is C18H15ClN4OS. The Kier molecular flexibility index (Phi) is 4.15. The summed E-state index contributed by atoms with van der Waals surface area (Å²) in [5.74, 6) is 0.509. The fraction of sp³-hybridized carbons (Fsp3) is 0.111. The summed E-state index contributed by atoms with van der Waals surface area (Å²) >= 11 is 7.75. The van der Waals surface area contributed by atoms with Crippen LogP contribution in [0, 0.1) is 0 Å². The molecule has 7 heteroatoms. The van der Waals surface area contributed by atoms with Crippen molar-refractivity contribution >= 4 is 35.1 Å². The third kappa shape index (κ3) is 2.77. The Morgan fingerprint density at radius 1 is 1.08 bits per heavy atom. The van der Waals surface area contributed by atoms with E-state index in [1.54, 1.807) is 4.68 Å². The second kappa shape index (κ2) is 6.46. The predicted molar refractivity (Wildman–Crippen MR) is 101 cm³/mol. The van der Waals surface area contributed by atoms with Gasteiger partial charge in [-0.2, -0.15) is 5.10 Å². The molecular weight excluding hydrogens is 356 g/mol. The van der Waals surface area contributed by atoms with E-state index in [0.29, 0.717) is 21.4 Å². The molecule has 1 amide bonds. The van der Waals surface area contributed by atoms with Crippen LogP contribution in [0.1, 0.15) is 22.1 Å². The Balaban J connectivity index is 1.84. The van der Waals surface area contributed by atoms with Crippen LogP contribution in [0.2, 0.25) is 5.02 Å². The first-order valence-corrected chi connectivity index (χ1v) is 9.33. The molecule has 2 heterocycles. The van der Waals surface area contributed by atoms with Gasteiger partial charge in [0.1, 0.15) is 22.6 Å². The number of anilines is 1. The normalized spacial score (nSPS) is 16.1. The van der Waals surface area contributed by atoms with Gasteiger partial charge in [-0.1, -0.05) is 48.0 Å². The molecule has 0 saturated carbocycles. The maximum Gasteiger partial charge on any atom is 0.259 e. The van der Waals surface area contributed by atoms with Crippen LogP contribution in [-0.4, -0.2) is 21.9 Å². The van der Waals surface area contributed by atoms with Crippen LogP contribution in [0.25, 0.3) is 5.69 Å². The Morgan fingerprint density at radius 2 is 1.80 bits per heavy atom. The minimum atomic E-state index is -0.414. The number of hydrogen-bond donors (Lipinski definition) is 2. The molecule has 2 N–H and O–H groups in total. The molecule has 0 aliphatic carbocycles. The van der Waals surface area contributed by atoms with Gasteiger partial charge in [0.25, 0.3) is 5.91 Å². The predicted octanol–water partition coefficient (Wildman–Crippen LogP) is 4.10. The molecule has 0 spiro atoms. The summed E-state index contributed by atoms with van der Waals surface area (Å²) in [4.78, 5) is 12.7. The Hall–Kier alpha value is -2.44. The van der Waals surface area contributed by atoms with E-state index in [-0.39, 0.29) is 5.91 Å². The topological polar surface area (TPSA) is 59.0 Å². The molecule has 25 heavy (non-hydrogen) atoms. The fourth-order valence-electron chi connectivity index (χ4n) is 2.88. The molecule has 0 fully saturated rings. The summed E-state index contributed by atoms with van der Waals surface area (Å²) in [5, 5.41) is 12.2. The van der Waals surface area contributed by atoms with E-state index in [1.807, 2.05) is 60.9 Å². The lowest BCUT2D eigenvalue weighted by atomic mass is 10.1. The van der Waals surface area contributed by atoms with Gasteiger partial charge in [-0.25, -0.2) is 4.68 Å². The number of benzene rings is 2. The molecule has 1 aromatic heterocycles. The lowest BCUT2D eigenvalue weighted by molar-refractivity contribution is 0.0932. The van der Waals surface area contributed by atoms with E-state index >= 15 is 0 Å². The molecule has 126 valence electrons. The van der Waals surface area contributed by atoms with Crippen molar-refractivity contribution in [3.05, 3.63) is 70.7 Å². The highest BCUT2D eigenvalue weighted by atomic mass is 35.5. The minimum absolute atomic E-state index is 0.162. The zero-order chi connectivity index (χ0) is 17.4. The average molecular weight is 371 g/mol. The average Bonchev–Trinajstić information content (AvgIpc) is 3.02. The number of amides is 1. The van der Waals surface area contributed by atoms with E-state index in [2.05, 4.69) is 15.7 Å². The summed E-state index contributed by atoms with van der Waals surface area (Å²) < 4.78 is 1.77. The maximum absolute atomic E-state index is 12.7. The number of nitrogens with one attached hydrogen (secondary N) is 2. The first kappa shape index (κ1) is 16.1. The summed E-state index contributed by atoms with van der Waals surface area (Å²) in [6, 6.07) is 17.2. The van der Waals surface area contributed by atoms with Crippen molar-refractivity contribution in [2.45, 2.75) is 11.2 Å². The number of thioether (sulfide) groups is 1. The third-order valence-corrected chi connectivity index (χ3v) is 5.06. The van der Waals surface area contributed by atoms with Gasteiger partial charge in [-0.05, 0) is 24.5 Å². The van der Waals surface area contributed by atoms with Gasteiger partial charge < -0.3 is 10.6 Å². The van der Waals surface area contributed by atoms with Crippen LogP contribution in [0.5, 0.6) is 0 Å². The summed E-state index contributed by atoms with van der Waals surface area (Å²) in [7, 11) is 0. The number of para-hydroxylation sites is 1. The molecule has 1 aliphatic rings. The van der Waals surface area contributed by atoms with Crippen LogP contribution in [0.3, 0.4) is 0 Å². The van der Waals surface area contributed by atoms with Crippen molar-refractivity contribution in [1.82, 2.24) is 15.1 Å². The van der Waals surface area contributed by atoms with Crippen molar-refractivity contribution in [3.63, 3.8) is 0 Å². The Labute approximate surface area is 154 Å². The van der Waals surface area contributed by atoms with Crippen molar-refractivity contribution in [3.8, 4) is 5.69 Å². The number of carbonyl (C=O) groups is 1. The SMILES string of the molecule is CSc1nn(-c2ccccc2)c2c1C(=O)NC(c1ccccc1Cl)N2. The Bertz CT molecular complexity index is 942. The second-order valence-corrected chi connectivity index (χ2v) is 6.75. The summed E-state index contributed by atoms with van der Waals surface area (Å²) in [5.41, 5.74) is 2.26. The quantitative estimate of drug-likeness (QED) is 0.681. The van der Waals surface area contributed by atoms with Gasteiger partial charge in [0.05, 0.1) is 5.69 Å².